The van der Waals surface area contributed by atoms with Crippen molar-refractivity contribution >= 4 is 11.8 Å². The summed E-state index contributed by atoms with van der Waals surface area (Å²) in [5, 5.41) is 5.58. The van der Waals surface area contributed by atoms with Crippen LogP contribution >= 0.6 is 0 Å². The lowest BCUT2D eigenvalue weighted by molar-refractivity contribution is -0.128. The molecule has 1 aliphatic rings. The Morgan fingerprint density at radius 2 is 2.31 bits per heavy atom. The van der Waals surface area contributed by atoms with Crippen LogP contribution < -0.4 is 16.4 Å². The Morgan fingerprint density at radius 1 is 1.62 bits per heavy atom. The van der Waals surface area contributed by atoms with Crippen LogP contribution in [0.3, 0.4) is 0 Å². The number of nitrogens with one attached hydrogen (secondary N) is 2. The van der Waals surface area contributed by atoms with Crippen LogP contribution in [-0.2, 0) is 9.59 Å². The van der Waals surface area contributed by atoms with E-state index in [1.165, 1.54) is 0 Å². The maximum atomic E-state index is 11.4. The fourth-order valence-electron chi connectivity index (χ4n) is 1.29. The SMILES string of the molecule is CC(NC(=O)[C@@H]1CCCN1)C(N)=O. The standard InChI is InChI=1S/C8H15N3O2/c1-5(7(9)12)11-8(13)6-3-2-4-10-6/h5-6,10H,2-4H2,1H3,(H2,9,12)(H,11,13)/t5?,6-/m0/s1. The molecular formula is C8H15N3O2. The summed E-state index contributed by atoms with van der Waals surface area (Å²) in [6.45, 7) is 2.44. The third-order valence-electron chi connectivity index (χ3n) is 2.16. The molecule has 0 bridgehead atoms. The van der Waals surface area contributed by atoms with Crippen molar-refractivity contribution in [3.05, 3.63) is 0 Å². The smallest absolute Gasteiger partial charge is 0.239 e. The Hall–Kier alpha value is -1.10. The molecule has 0 radical (unpaired) electrons. The van der Waals surface area contributed by atoms with Gasteiger partial charge in [-0.1, -0.05) is 0 Å². The summed E-state index contributed by atoms with van der Waals surface area (Å²) in [7, 11) is 0. The van der Waals surface area contributed by atoms with E-state index in [0.29, 0.717) is 0 Å². The molecule has 74 valence electrons. The summed E-state index contributed by atoms with van der Waals surface area (Å²) >= 11 is 0. The van der Waals surface area contributed by atoms with Crippen molar-refractivity contribution < 1.29 is 9.59 Å². The first kappa shape index (κ1) is 9.98. The van der Waals surface area contributed by atoms with E-state index < -0.39 is 11.9 Å². The van der Waals surface area contributed by atoms with Gasteiger partial charge in [0.25, 0.3) is 0 Å². The highest BCUT2D eigenvalue weighted by Crippen LogP contribution is 2.04. The average molecular weight is 185 g/mol. The molecule has 0 aromatic rings. The van der Waals surface area contributed by atoms with Gasteiger partial charge in [-0.3, -0.25) is 9.59 Å². The predicted molar refractivity (Wildman–Crippen MR) is 47.8 cm³/mol. The van der Waals surface area contributed by atoms with E-state index in [0.717, 1.165) is 19.4 Å². The molecule has 2 atom stereocenters. The lowest BCUT2D eigenvalue weighted by Gasteiger charge is -2.14. The largest absolute Gasteiger partial charge is 0.368 e. The van der Waals surface area contributed by atoms with Crippen LogP contribution in [0, 0.1) is 0 Å². The number of carbonyl (C=O) groups excluding carboxylic acids is 2. The van der Waals surface area contributed by atoms with E-state index in [-0.39, 0.29) is 11.9 Å². The number of nitrogens with two attached hydrogens (primary N) is 1. The zero-order chi connectivity index (χ0) is 9.84. The monoisotopic (exact) mass is 185 g/mol. The number of rotatable bonds is 3. The molecule has 0 saturated carbocycles. The van der Waals surface area contributed by atoms with Gasteiger partial charge < -0.3 is 16.4 Å². The van der Waals surface area contributed by atoms with Crippen LogP contribution in [0.2, 0.25) is 0 Å². The van der Waals surface area contributed by atoms with Gasteiger partial charge in [-0.2, -0.15) is 0 Å². The molecule has 13 heavy (non-hydrogen) atoms. The van der Waals surface area contributed by atoms with Gasteiger partial charge in [-0.25, -0.2) is 0 Å². The molecule has 0 aromatic carbocycles. The molecule has 1 aliphatic heterocycles. The molecule has 0 spiro atoms. The maximum absolute atomic E-state index is 11.4. The Labute approximate surface area is 77.1 Å². The van der Waals surface area contributed by atoms with Gasteiger partial charge in [-0.15, -0.1) is 0 Å². The molecule has 1 unspecified atom stereocenters. The molecule has 0 aliphatic carbocycles. The zero-order valence-electron chi connectivity index (χ0n) is 7.67. The van der Waals surface area contributed by atoms with Gasteiger partial charge in [0.05, 0.1) is 6.04 Å². The molecule has 1 rings (SSSR count). The van der Waals surface area contributed by atoms with Crippen molar-refractivity contribution in [2.24, 2.45) is 5.73 Å². The van der Waals surface area contributed by atoms with E-state index in [1.54, 1.807) is 6.92 Å². The minimum atomic E-state index is -0.588. The third kappa shape index (κ3) is 2.69. The molecule has 1 saturated heterocycles. The summed E-state index contributed by atoms with van der Waals surface area (Å²) in [4.78, 5) is 22.0. The molecule has 1 fully saturated rings. The number of hydrogen-bond donors (Lipinski definition) is 3. The van der Waals surface area contributed by atoms with Crippen molar-refractivity contribution in [3.8, 4) is 0 Å². The van der Waals surface area contributed by atoms with E-state index in [1.807, 2.05) is 0 Å². The van der Waals surface area contributed by atoms with Gasteiger partial charge in [0, 0.05) is 0 Å². The third-order valence-corrected chi connectivity index (χ3v) is 2.16. The number of carbonyl (C=O) groups is 2. The normalized spacial score (nSPS) is 23.9. The second kappa shape index (κ2) is 4.23. The molecule has 5 nitrogen and oxygen atoms in total. The molecule has 5 heteroatoms. The Morgan fingerprint density at radius 3 is 2.77 bits per heavy atom. The van der Waals surface area contributed by atoms with Gasteiger partial charge >= 0.3 is 0 Å². The van der Waals surface area contributed by atoms with E-state index in [2.05, 4.69) is 10.6 Å². The van der Waals surface area contributed by atoms with Crippen LogP contribution in [0.5, 0.6) is 0 Å². The van der Waals surface area contributed by atoms with E-state index >= 15 is 0 Å². The fourth-order valence-corrected chi connectivity index (χ4v) is 1.29. The van der Waals surface area contributed by atoms with Crippen molar-refractivity contribution in [1.82, 2.24) is 10.6 Å². The second-order valence-electron chi connectivity index (χ2n) is 3.28. The lowest BCUT2D eigenvalue weighted by atomic mass is 10.2. The fraction of sp³-hybridized carbons (Fsp3) is 0.750. The van der Waals surface area contributed by atoms with Crippen molar-refractivity contribution in [2.45, 2.75) is 31.8 Å². The lowest BCUT2D eigenvalue weighted by Crippen LogP contribution is -2.48. The van der Waals surface area contributed by atoms with Crippen molar-refractivity contribution in [1.29, 1.82) is 0 Å². The topological polar surface area (TPSA) is 84.2 Å². The van der Waals surface area contributed by atoms with E-state index in [4.69, 9.17) is 5.73 Å². The molecule has 2 amide bonds. The van der Waals surface area contributed by atoms with Crippen LogP contribution in [0.4, 0.5) is 0 Å². The highest BCUT2D eigenvalue weighted by atomic mass is 16.2. The quantitative estimate of drug-likeness (QED) is 0.512. The highest BCUT2D eigenvalue weighted by Gasteiger charge is 2.23. The Kier molecular flexibility index (Phi) is 3.25. The summed E-state index contributed by atoms with van der Waals surface area (Å²) in [6.07, 6.45) is 1.83. The van der Waals surface area contributed by atoms with Gasteiger partial charge in [0.1, 0.15) is 6.04 Å². The summed E-state index contributed by atoms with van der Waals surface area (Å²) in [5.74, 6) is -0.643. The van der Waals surface area contributed by atoms with Crippen LogP contribution in [0.15, 0.2) is 0 Å². The Bertz CT molecular complexity index is 211. The minimum Gasteiger partial charge on any atom is -0.368 e. The Balaban J connectivity index is 2.35. The van der Waals surface area contributed by atoms with Crippen LogP contribution in [0.25, 0.3) is 0 Å². The predicted octanol–water partition coefficient (Wildman–Crippen LogP) is -1.27. The summed E-state index contributed by atoms with van der Waals surface area (Å²) in [5.41, 5.74) is 5.01. The first-order valence-electron chi connectivity index (χ1n) is 4.44. The molecular weight excluding hydrogens is 170 g/mol. The number of primary amides is 1. The molecule has 0 aromatic heterocycles. The number of hydrogen-bond acceptors (Lipinski definition) is 3. The first-order valence-corrected chi connectivity index (χ1v) is 4.44. The number of amides is 2. The van der Waals surface area contributed by atoms with Crippen LogP contribution in [-0.4, -0.2) is 30.4 Å². The molecule has 4 N–H and O–H groups in total. The summed E-state index contributed by atoms with van der Waals surface area (Å²) < 4.78 is 0. The maximum Gasteiger partial charge on any atom is 0.239 e. The molecule has 1 heterocycles. The summed E-state index contributed by atoms with van der Waals surface area (Å²) in [6, 6.07) is -0.739. The van der Waals surface area contributed by atoms with Gasteiger partial charge in [0.2, 0.25) is 11.8 Å². The van der Waals surface area contributed by atoms with Crippen LogP contribution in [0.1, 0.15) is 19.8 Å². The highest BCUT2D eigenvalue weighted by molar-refractivity contribution is 5.88. The average Bonchev–Trinajstić information content (AvgIpc) is 2.55. The zero-order valence-corrected chi connectivity index (χ0v) is 7.67. The van der Waals surface area contributed by atoms with Crippen molar-refractivity contribution in [3.63, 3.8) is 0 Å². The second-order valence-corrected chi connectivity index (χ2v) is 3.28. The van der Waals surface area contributed by atoms with Crippen molar-refractivity contribution in [2.75, 3.05) is 6.54 Å². The minimum absolute atomic E-state index is 0.135. The van der Waals surface area contributed by atoms with E-state index in [9.17, 15) is 9.59 Å². The first-order chi connectivity index (χ1) is 6.11. The van der Waals surface area contributed by atoms with Gasteiger partial charge in [-0.05, 0) is 26.3 Å². The van der Waals surface area contributed by atoms with Gasteiger partial charge in [0.15, 0.2) is 0 Å².